The van der Waals surface area contributed by atoms with E-state index in [1.165, 1.54) is 0 Å². The van der Waals surface area contributed by atoms with E-state index in [2.05, 4.69) is 12.2 Å². The lowest BCUT2D eigenvalue weighted by atomic mass is 10.1. The standard InChI is InChI=1S/C15H18ClNO3/c1-10(7-11-5-4-6-20-11)17-13-8-12(16)14(18-2)9-15(13)19-3/h4-6,8-10,17H,7H2,1-3H3. The van der Waals surface area contributed by atoms with Crippen LogP contribution in [-0.2, 0) is 6.42 Å². The van der Waals surface area contributed by atoms with Gasteiger partial charge >= 0.3 is 0 Å². The van der Waals surface area contributed by atoms with E-state index in [1.807, 2.05) is 12.1 Å². The second-order valence-corrected chi connectivity index (χ2v) is 4.92. The van der Waals surface area contributed by atoms with Gasteiger partial charge in [0.15, 0.2) is 0 Å². The molecule has 1 N–H and O–H groups in total. The van der Waals surface area contributed by atoms with Crippen LogP contribution in [0.4, 0.5) is 5.69 Å². The van der Waals surface area contributed by atoms with Crippen molar-refractivity contribution in [2.75, 3.05) is 19.5 Å². The summed E-state index contributed by atoms with van der Waals surface area (Å²) in [6, 6.07) is 7.59. The summed E-state index contributed by atoms with van der Waals surface area (Å²) < 4.78 is 15.9. The van der Waals surface area contributed by atoms with Gasteiger partial charge in [0.05, 0.1) is 31.2 Å². The van der Waals surface area contributed by atoms with Crippen LogP contribution in [0.2, 0.25) is 5.02 Å². The molecule has 0 saturated heterocycles. The van der Waals surface area contributed by atoms with Crippen LogP contribution in [0.15, 0.2) is 34.9 Å². The van der Waals surface area contributed by atoms with Gasteiger partial charge in [-0.1, -0.05) is 11.6 Å². The highest BCUT2D eigenvalue weighted by atomic mass is 35.5. The van der Waals surface area contributed by atoms with Gasteiger partial charge in [0.1, 0.15) is 17.3 Å². The van der Waals surface area contributed by atoms with E-state index < -0.39 is 0 Å². The molecule has 5 heteroatoms. The van der Waals surface area contributed by atoms with Gasteiger partial charge in [-0.3, -0.25) is 0 Å². The van der Waals surface area contributed by atoms with E-state index in [-0.39, 0.29) is 6.04 Å². The monoisotopic (exact) mass is 295 g/mol. The number of benzene rings is 1. The molecule has 1 aromatic heterocycles. The highest BCUT2D eigenvalue weighted by molar-refractivity contribution is 6.32. The third-order valence-electron chi connectivity index (χ3n) is 2.96. The first kappa shape index (κ1) is 14.6. The zero-order valence-electron chi connectivity index (χ0n) is 11.8. The molecule has 0 aliphatic rings. The second kappa shape index (κ2) is 6.57. The number of rotatable bonds is 6. The molecule has 1 unspecified atom stereocenters. The topological polar surface area (TPSA) is 43.6 Å². The number of methoxy groups -OCH3 is 2. The Hall–Kier alpha value is -1.81. The molecule has 4 nitrogen and oxygen atoms in total. The van der Waals surface area contributed by atoms with Crippen molar-refractivity contribution < 1.29 is 13.9 Å². The van der Waals surface area contributed by atoms with Crippen molar-refractivity contribution in [3.05, 3.63) is 41.3 Å². The van der Waals surface area contributed by atoms with Crippen molar-refractivity contribution in [2.45, 2.75) is 19.4 Å². The Bertz CT molecular complexity index is 554. The second-order valence-electron chi connectivity index (χ2n) is 4.52. The van der Waals surface area contributed by atoms with Crippen molar-refractivity contribution >= 4 is 17.3 Å². The summed E-state index contributed by atoms with van der Waals surface area (Å²) in [7, 11) is 3.19. The fourth-order valence-electron chi connectivity index (χ4n) is 2.02. The molecule has 0 amide bonds. The average molecular weight is 296 g/mol. The molecule has 20 heavy (non-hydrogen) atoms. The minimum atomic E-state index is 0.180. The molecule has 1 atom stereocenters. The van der Waals surface area contributed by atoms with E-state index in [0.29, 0.717) is 16.5 Å². The summed E-state index contributed by atoms with van der Waals surface area (Å²) in [6.07, 6.45) is 2.45. The quantitative estimate of drug-likeness (QED) is 0.875. The highest BCUT2D eigenvalue weighted by Crippen LogP contribution is 2.36. The van der Waals surface area contributed by atoms with Crippen LogP contribution in [-0.4, -0.2) is 20.3 Å². The summed E-state index contributed by atoms with van der Waals surface area (Å²) in [5, 5.41) is 3.91. The molecule has 1 heterocycles. The molecule has 0 aliphatic carbocycles. The number of anilines is 1. The molecular weight excluding hydrogens is 278 g/mol. The van der Waals surface area contributed by atoms with Gasteiger partial charge in [-0.25, -0.2) is 0 Å². The summed E-state index contributed by atoms with van der Waals surface area (Å²) in [6.45, 7) is 2.07. The van der Waals surface area contributed by atoms with E-state index in [4.69, 9.17) is 25.5 Å². The van der Waals surface area contributed by atoms with Gasteiger partial charge in [-0.15, -0.1) is 0 Å². The molecule has 0 saturated carbocycles. The zero-order valence-corrected chi connectivity index (χ0v) is 12.5. The first-order valence-corrected chi connectivity index (χ1v) is 6.72. The minimum absolute atomic E-state index is 0.180. The Morgan fingerprint density at radius 3 is 2.60 bits per heavy atom. The van der Waals surface area contributed by atoms with Gasteiger partial charge in [0.25, 0.3) is 0 Å². The highest BCUT2D eigenvalue weighted by Gasteiger charge is 2.13. The molecule has 0 bridgehead atoms. The SMILES string of the molecule is COc1cc(OC)c(NC(C)Cc2ccco2)cc1Cl. The first-order valence-electron chi connectivity index (χ1n) is 6.34. The predicted octanol–water partition coefficient (Wildman–Crippen LogP) is 3.99. The summed E-state index contributed by atoms with van der Waals surface area (Å²) in [4.78, 5) is 0. The van der Waals surface area contributed by atoms with Crippen LogP contribution in [0.25, 0.3) is 0 Å². The average Bonchev–Trinajstić information content (AvgIpc) is 2.91. The molecule has 108 valence electrons. The third-order valence-corrected chi connectivity index (χ3v) is 3.26. The Labute approximate surface area is 123 Å². The van der Waals surface area contributed by atoms with Crippen LogP contribution in [0, 0.1) is 0 Å². The fraction of sp³-hybridized carbons (Fsp3) is 0.333. The van der Waals surface area contributed by atoms with Crippen LogP contribution >= 0.6 is 11.6 Å². The van der Waals surface area contributed by atoms with Crippen molar-refractivity contribution in [1.29, 1.82) is 0 Å². The lowest BCUT2D eigenvalue weighted by molar-refractivity contribution is 0.395. The van der Waals surface area contributed by atoms with E-state index in [1.54, 1.807) is 32.6 Å². The maximum absolute atomic E-state index is 6.15. The zero-order chi connectivity index (χ0) is 14.5. The van der Waals surface area contributed by atoms with E-state index >= 15 is 0 Å². The molecule has 1 aromatic carbocycles. The predicted molar refractivity (Wildman–Crippen MR) is 80.1 cm³/mol. The molecule has 0 spiro atoms. The number of hydrogen-bond donors (Lipinski definition) is 1. The maximum Gasteiger partial charge on any atom is 0.145 e. The van der Waals surface area contributed by atoms with Crippen LogP contribution in [0.3, 0.4) is 0 Å². The van der Waals surface area contributed by atoms with Crippen LogP contribution in [0.1, 0.15) is 12.7 Å². The van der Waals surface area contributed by atoms with Crippen LogP contribution < -0.4 is 14.8 Å². The maximum atomic E-state index is 6.15. The molecule has 0 aliphatic heterocycles. The molecule has 0 fully saturated rings. The van der Waals surface area contributed by atoms with Gasteiger partial charge < -0.3 is 19.2 Å². The van der Waals surface area contributed by atoms with Gasteiger partial charge in [-0.2, -0.15) is 0 Å². The Morgan fingerprint density at radius 2 is 2.00 bits per heavy atom. The normalized spacial score (nSPS) is 12.0. The van der Waals surface area contributed by atoms with Crippen molar-refractivity contribution in [2.24, 2.45) is 0 Å². The molecule has 0 radical (unpaired) electrons. The summed E-state index contributed by atoms with van der Waals surface area (Å²) in [5.74, 6) is 2.22. The summed E-state index contributed by atoms with van der Waals surface area (Å²) >= 11 is 6.15. The van der Waals surface area contributed by atoms with Crippen LogP contribution in [0.5, 0.6) is 11.5 Å². The van der Waals surface area contributed by atoms with E-state index in [9.17, 15) is 0 Å². The summed E-state index contributed by atoms with van der Waals surface area (Å²) in [5.41, 5.74) is 0.831. The van der Waals surface area contributed by atoms with Crippen molar-refractivity contribution in [3.63, 3.8) is 0 Å². The first-order chi connectivity index (χ1) is 9.63. The largest absolute Gasteiger partial charge is 0.495 e. The van der Waals surface area contributed by atoms with E-state index in [0.717, 1.165) is 17.9 Å². The number of nitrogens with one attached hydrogen (secondary N) is 1. The Kier molecular flexibility index (Phi) is 4.79. The van der Waals surface area contributed by atoms with Gasteiger partial charge in [0, 0.05) is 18.5 Å². The number of halogens is 1. The Balaban J connectivity index is 2.13. The van der Waals surface area contributed by atoms with Crippen molar-refractivity contribution in [3.8, 4) is 11.5 Å². The number of hydrogen-bond acceptors (Lipinski definition) is 4. The van der Waals surface area contributed by atoms with Gasteiger partial charge in [-0.05, 0) is 25.1 Å². The fourth-order valence-corrected chi connectivity index (χ4v) is 2.26. The lowest BCUT2D eigenvalue weighted by Crippen LogP contribution is -2.18. The molecule has 2 rings (SSSR count). The number of ether oxygens (including phenoxy) is 2. The smallest absolute Gasteiger partial charge is 0.145 e. The Morgan fingerprint density at radius 1 is 1.25 bits per heavy atom. The van der Waals surface area contributed by atoms with Gasteiger partial charge in [0.2, 0.25) is 0 Å². The molecule has 2 aromatic rings. The third kappa shape index (κ3) is 3.39. The number of furan rings is 1. The lowest BCUT2D eigenvalue weighted by Gasteiger charge is -2.18. The minimum Gasteiger partial charge on any atom is -0.495 e. The van der Waals surface area contributed by atoms with Crippen molar-refractivity contribution in [1.82, 2.24) is 0 Å². The molecular formula is C15H18ClNO3.